The van der Waals surface area contributed by atoms with Crippen LogP contribution in [0.4, 0.5) is 10.1 Å². The zero-order valence-corrected chi connectivity index (χ0v) is 19.7. The zero-order valence-electron chi connectivity index (χ0n) is 19.7. The summed E-state index contributed by atoms with van der Waals surface area (Å²) in [6.45, 7) is 1.28. The first-order valence-corrected chi connectivity index (χ1v) is 12.0. The molecule has 3 aromatic carbocycles. The van der Waals surface area contributed by atoms with Crippen molar-refractivity contribution in [3.63, 3.8) is 0 Å². The van der Waals surface area contributed by atoms with E-state index in [0.717, 1.165) is 11.1 Å². The second-order valence-electron chi connectivity index (χ2n) is 9.24. The van der Waals surface area contributed by atoms with Crippen molar-refractivity contribution in [3.05, 3.63) is 101 Å². The summed E-state index contributed by atoms with van der Waals surface area (Å²) >= 11 is 0. The SMILES string of the molecule is NC(=O)C1CCN(C(=O)c2cccc(NC3c4ccccc4C(=O)N3Cc3ccc(F)cc3)c2)CC1. The average molecular weight is 487 g/mol. The van der Waals surface area contributed by atoms with E-state index in [1.54, 1.807) is 46.2 Å². The Morgan fingerprint density at radius 2 is 1.69 bits per heavy atom. The van der Waals surface area contributed by atoms with Crippen molar-refractivity contribution >= 4 is 23.4 Å². The third-order valence-corrected chi connectivity index (χ3v) is 6.92. The molecule has 7 nitrogen and oxygen atoms in total. The quantitative estimate of drug-likeness (QED) is 0.552. The molecule has 1 fully saturated rings. The number of amides is 3. The van der Waals surface area contributed by atoms with Gasteiger partial charge in [-0.1, -0.05) is 36.4 Å². The number of fused-ring (bicyclic) bond motifs is 1. The predicted octanol–water partition coefficient (Wildman–Crippen LogP) is 3.93. The summed E-state index contributed by atoms with van der Waals surface area (Å²) in [4.78, 5) is 41.3. The molecule has 3 aromatic rings. The van der Waals surface area contributed by atoms with E-state index >= 15 is 0 Å². The third kappa shape index (κ3) is 4.66. The normalized spacial score (nSPS) is 17.7. The topological polar surface area (TPSA) is 95.7 Å². The van der Waals surface area contributed by atoms with Gasteiger partial charge in [-0.3, -0.25) is 14.4 Å². The molecule has 0 saturated carbocycles. The highest BCUT2D eigenvalue weighted by Crippen LogP contribution is 2.35. The summed E-state index contributed by atoms with van der Waals surface area (Å²) in [6.07, 6.45) is 0.687. The van der Waals surface area contributed by atoms with E-state index < -0.39 is 6.17 Å². The minimum atomic E-state index is -0.449. The van der Waals surface area contributed by atoms with Gasteiger partial charge in [0.05, 0.1) is 0 Å². The minimum absolute atomic E-state index is 0.104. The van der Waals surface area contributed by atoms with Gasteiger partial charge in [0.2, 0.25) is 5.91 Å². The lowest BCUT2D eigenvalue weighted by atomic mass is 9.96. The van der Waals surface area contributed by atoms with E-state index in [1.807, 2.05) is 24.3 Å². The lowest BCUT2D eigenvalue weighted by Crippen LogP contribution is -2.41. The Labute approximate surface area is 208 Å². The van der Waals surface area contributed by atoms with Crippen molar-refractivity contribution in [3.8, 4) is 0 Å². The second kappa shape index (κ2) is 9.81. The smallest absolute Gasteiger partial charge is 0.256 e. The molecule has 0 radical (unpaired) electrons. The summed E-state index contributed by atoms with van der Waals surface area (Å²) in [5.74, 6) is -1.05. The van der Waals surface area contributed by atoms with Gasteiger partial charge in [0, 0.05) is 47.9 Å². The molecule has 0 spiro atoms. The lowest BCUT2D eigenvalue weighted by molar-refractivity contribution is -0.123. The summed E-state index contributed by atoms with van der Waals surface area (Å²) in [6, 6.07) is 20.7. The van der Waals surface area contributed by atoms with Crippen LogP contribution in [-0.4, -0.2) is 40.6 Å². The largest absolute Gasteiger partial charge is 0.369 e. The number of hydrogen-bond acceptors (Lipinski definition) is 4. The van der Waals surface area contributed by atoms with E-state index in [0.29, 0.717) is 49.3 Å². The number of nitrogens with one attached hydrogen (secondary N) is 1. The van der Waals surface area contributed by atoms with Crippen molar-refractivity contribution < 1.29 is 18.8 Å². The lowest BCUT2D eigenvalue weighted by Gasteiger charge is -2.31. The highest BCUT2D eigenvalue weighted by Gasteiger charge is 2.36. The van der Waals surface area contributed by atoms with Gasteiger partial charge in [0.25, 0.3) is 11.8 Å². The van der Waals surface area contributed by atoms with Crippen LogP contribution in [0.25, 0.3) is 0 Å². The minimum Gasteiger partial charge on any atom is -0.369 e. The Morgan fingerprint density at radius 3 is 2.42 bits per heavy atom. The third-order valence-electron chi connectivity index (χ3n) is 6.92. The maximum Gasteiger partial charge on any atom is 0.256 e. The fourth-order valence-corrected chi connectivity index (χ4v) is 4.92. The Kier molecular flexibility index (Phi) is 6.41. The second-order valence-corrected chi connectivity index (χ2v) is 9.24. The van der Waals surface area contributed by atoms with Crippen LogP contribution < -0.4 is 11.1 Å². The predicted molar refractivity (Wildman–Crippen MR) is 133 cm³/mol. The number of likely N-dealkylation sites (tertiary alicyclic amines) is 1. The maximum atomic E-state index is 13.4. The summed E-state index contributed by atoms with van der Waals surface area (Å²) in [7, 11) is 0. The van der Waals surface area contributed by atoms with Crippen LogP contribution in [0.2, 0.25) is 0 Å². The molecule has 1 unspecified atom stereocenters. The molecule has 36 heavy (non-hydrogen) atoms. The van der Waals surface area contributed by atoms with Crippen LogP contribution in [0, 0.1) is 11.7 Å². The molecule has 5 rings (SSSR count). The number of anilines is 1. The van der Waals surface area contributed by atoms with Crippen molar-refractivity contribution in [2.45, 2.75) is 25.6 Å². The Morgan fingerprint density at radius 1 is 0.972 bits per heavy atom. The van der Waals surface area contributed by atoms with Crippen molar-refractivity contribution in [1.29, 1.82) is 0 Å². The summed E-state index contributed by atoms with van der Waals surface area (Å²) in [5.41, 5.74) is 8.91. The first-order valence-electron chi connectivity index (χ1n) is 12.0. The number of nitrogens with two attached hydrogens (primary N) is 1. The molecular formula is C28H27FN4O3. The number of rotatable bonds is 6. The van der Waals surface area contributed by atoms with Gasteiger partial charge in [-0.15, -0.1) is 0 Å². The number of carbonyl (C=O) groups excluding carboxylic acids is 3. The molecule has 2 aliphatic heterocycles. The van der Waals surface area contributed by atoms with Crippen LogP contribution in [0.1, 0.15) is 50.9 Å². The average Bonchev–Trinajstić information content (AvgIpc) is 3.16. The van der Waals surface area contributed by atoms with E-state index in [-0.39, 0.29) is 29.5 Å². The Hall–Kier alpha value is -4.20. The molecule has 0 bridgehead atoms. The molecule has 2 aliphatic rings. The molecule has 2 heterocycles. The molecule has 0 aromatic heterocycles. The highest BCUT2D eigenvalue weighted by molar-refractivity contribution is 5.99. The fraction of sp³-hybridized carbons (Fsp3) is 0.250. The zero-order chi connectivity index (χ0) is 25.2. The Bertz CT molecular complexity index is 1300. The maximum absolute atomic E-state index is 13.4. The number of nitrogens with zero attached hydrogens (tertiary/aromatic N) is 2. The first-order chi connectivity index (χ1) is 17.4. The molecule has 1 saturated heterocycles. The van der Waals surface area contributed by atoms with Gasteiger partial charge < -0.3 is 20.9 Å². The van der Waals surface area contributed by atoms with Gasteiger partial charge in [-0.25, -0.2) is 4.39 Å². The fourth-order valence-electron chi connectivity index (χ4n) is 4.92. The van der Waals surface area contributed by atoms with Gasteiger partial charge in [-0.05, 0) is 54.8 Å². The van der Waals surface area contributed by atoms with Gasteiger partial charge in [0.15, 0.2) is 0 Å². The van der Waals surface area contributed by atoms with Crippen LogP contribution in [0.15, 0.2) is 72.8 Å². The van der Waals surface area contributed by atoms with Crippen LogP contribution in [-0.2, 0) is 11.3 Å². The van der Waals surface area contributed by atoms with Crippen LogP contribution in [0.3, 0.4) is 0 Å². The standard InChI is InChI=1S/C28H27FN4O3/c29-21-10-8-18(9-11-21)17-33-26(23-6-1-2-7-24(23)28(33)36)31-22-5-3-4-20(16-22)27(35)32-14-12-19(13-15-32)25(30)34/h1-11,16,19,26,31H,12-15,17H2,(H2,30,34). The number of primary amides is 1. The van der Waals surface area contributed by atoms with Gasteiger partial charge in [-0.2, -0.15) is 0 Å². The number of piperidine rings is 1. The number of hydrogen-bond donors (Lipinski definition) is 2. The monoisotopic (exact) mass is 486 g/mol. The number of carbonyl (C=O) groups is 3. The molecule has 8 heteroatoms. The summed E-state index contributed by atoms with van der Waals surface area (Å²) < 4.78 is 13.4. The van der Waals surface area contributed by atoms with Gasteiger partial charge in [0.1, 0.15) is 12.0 Å². The first kappa shape index (κ1) is 23.5. The van der Waals surface area contributed by atoms with Gasteiger partial charge >= 0.3 is 0 Å². The van der Waals surface area contributed by atoms with Crippen LogP contribution in [0.5, 0.6) is 0 Å². The summed E-state index contributed by atoms with van der Waals surface area (Å²) in [5, 5.41) is 3.43. The molecule has 3 amide bonds. The molecule has 1 atom stereocenters. The molecule has 3 N–H and O–H groups in total. The Balaban J connectivity index is 1.36. The van der Waals surface area contributed by atoms with E-state index in [9.17, 15) is 18.8 Å². The molecule has 0 aliphatic carbocycles. The van der Waals surface area contributed by atoms with E-state index in [1.165, 1.54) is 12.1 Å². The van der Waals surface area contributed by atoms with E-state index in [2.05, 4.69) is 5.32 Å². The van der Waals surface area contributed by atoms with Crippen molar-refractivity contribution in [1.82, 2.24) is 9.80 Å². The number of benzene rings is 3. The van der Waals surface area contributed by atoms with Crippen molar-refractivity contribution in [2.24, 2.45) is 11.7 Å². The van der Waals surface area contributed by atoms with E-state index in [4.69, 9.17) is 5.73 Å². The number of halogens is 1. The molecule has 184 valence electrons. The highest BCUT2D eigenvalue weighted by atomic mass is 19.1. The molecular weight excluding hydrogens is 459 g/mol. The van der Waals surface area contributed by atoms with Crippen LogP contribution >= 0.6 is 0 Å². The van der Waals surface area contributed by atoms with Crippen molar-refractivity contribution in [2.75, 3.05) is 18.4 Å².